The van der Waals surface area contributed by atoms with Gasteiger partial charge in [0.25, 0.3) is 0 Å². The number of piperidine rings is 1. The molecule has 0 N–H and O–H groups in total. The van der Waals surface area contributed by atoms with Gasteiger partial charge in [0.2, 0.25) is 11.1 Å². The van der Waals surface area contributed by atoms with E-state index in [1.807, 2.05) is 43.0 Å². The number of esters is 1. The van der Waals surface area contributed by atoms with Crippen molar-refractivity contribution in [2.24, 2.45) is 5.92 Å². The molecule has 3 rings (SSSR count). The Kier molecular flexibility index (Phi) is 6.66. The number of thioether (sulfide) groups is 1. The van der Waals surface area contributed by atoms with E-state index in [1.54, 1.807) is 11.6 Å². The molecular weight excluding hydrogens is 378 g/mol. The smallest absolute Gasteiger partial charge is 0.309 e. The first-order valence-corrected chi connectivity index (χ1v) is 10.3. The minimum Gasteiger partial charge on any atom is -0.466 e. The van der Waals surface area contributed by atoms with E-state index in [1.165, 1.54) is 11.8 Å². The Labute approximate surface area is 168 Å². The molecule has 1 aromatic heterocycles. The van der Waals surface area contributed by atoms with Crippen molar-refractivity contribution >= 4 is 23.6 Å². The molecule has 1 aliphatic heterocycles. The third-order valence-corrected chi connectivity index (χ3v) is 5.76. The Hall–Kier alpha value is -2.42. The zero-order valence-electron chi connectivity index (χ0n) is 16.4. The summed E-state index contributed by atoms with van der Waals surface area (Å²) in [6, 6.07) is 7.88. The highest BCUT2D eigenvalue weighted by molar-refractivity contribution is 8.00. The fourth-order valence-electron chi connectivity index (χ4n) is 3.24. The van der Waals surface area contributed by atoms with E-state index in [9.17, 15) is 9.59 Å². The van der Waals surface area contributed by atoms with Gasteiger partial charge in [0.1, 0.15) is 0 Å². The Morgan fingerprint density at radius 1 is 1.32 bits per heavy atom. The highest BCUT2D eigenvalue weighted by atomic mass is 32.2. The second-order valence-electron chi connectivity index (χ2n) is 6.82. The summed E-state index contributed by atoms with van der Waals surface area (Å²) < 4.78 is 6.73. The third kappa shape index (κ3) is 4.70. The molecule has 28 heavy (non-hydrogen) atoms. The predicted molar refractivity (Wildman–Crippen MR) is 105 cm³/mol. The van der Waals surface area contributed by atoms with Gasteiger partial charge in [0, 0.05) is 13.1 Å². The lowest BCUT2D eigenvalue weighted by Gasteiger charge is -2.32. The fraction of sp³-hybridized carbons (Fsp3) is 0.526. The van der Waals surface area contributed by atoms with Crippen LogP contribution in [-0.4, -0.2) is 61.9 Å². The van der Waals surface area contributed by atoms with Crippen LogP contribution in [0.3, 0.4) is 0 Å². The average molecular weight is 404 g/mol. The number of likely N-dealkylation sites (tertiary alicyclic amines) is 1. The SMILES string of the molecule is CCOC(=O)C1CCN(C(=O)C(C)Sc2nnnn2-c2cccc(C)c2)CC1. The van der Waals surface area contributed by atoms with E-state index in [0.29, 0.717) is 37.7 Å². The van der Waals surface area contributed by atoms with Gasteiger partial charge in [0.15, 0.2) is 0 Å². The lowest BCUT2D eigenvalue weighted by atomic mass is 9.97. The fourth-order valence-corrected chi connectivity index (χ4v) is 4.13. The standard InChI is InChI=1S/C19H25N5O3S/c1-4-27-18(26)15-8-10-23(11-9-15)17(25)14(3)28-19-20-21-22-24(19)16-7-5-6-13(2)12-16/h5-7,12,14-15H,4,8-11H2,1-3H3. The molecule has 8 nitrogen and oxygen atoms in total. The summed E-state index contributed by atoms with van der Waals surface area (Å²) in [6.45, 7) is 7.19. The van der Waals surface area contributed by atoms with Crippen LogP contribution in [0.2, 0.25) is 0 Å². The van der Waals surface area contributed by atoms with Crippen molar-refractivity contribution in [3.8, 4) is 5.69 Å². The number of aromatic nitrogens is 4. The number of aryl methyl sites for hydroxylation is 1. The van der Waals surface area contributed by atoms with Crippen molar-refractivity contribution in [3.63, 3.8) is 0 Å². The quantitative estimate of drug-likeness (QED) is 0.540. The molecule has 150 valence electrons. The zero-order valence-corrected chi connectivity index (χ0v) is 17.2. The molecule has 0 saturated carbocycles. The number of ether oxygens (including phenoxy) is 1. The van der Waals surface area contributed by atoms with Crippen LogP contribution in [0.15, 0.2) is 29.4 Å². The molecule has 1 aliphatic rings. The molecular formula is C19H25N5O3S. The van der Waals surface area contributed by atoms with Crippen molar-refractivity contribution < 1.29 is 14.3 Å². The van der Waals surface area contributed by atoms with Gasteiger partial charge in [-0.1, -0.05) is 23.9 Å². The second kappa shape index (κ2) is 9.18. The van der Waals surface area contributed by atoms with Crippen LogP contribution in [0, 0.1) is 12.8 Å². The van der Waals surface area contributed by atoms with Crippen LogP contribution in [0.4, 0.5) is 0 Å². The topological polar surface area (TPSA) is 90.2 Å². The molecule has 0 spiro atoms. The van der Waals surface area contributed by atoms with E-state index < -0.39 is 0 Å². The van der Waals surface area contributed by atoms with Crippen molar-refractivity contribution in [1.29, 1.82) is 0 Å². The van der Waals surface area contributed by atoms with E-state index in [4.69, 9.17) is 4.74 Å². The Bertz CT molecular complexity index is 832. The summed E-state index contributed by atoms with van der Waals surface area (Å²) in [6.07, 6.45) is 1.28. The lowest BCUT2D eigenvalue weighted by molar-refractivity contribution is -0.151. The van der Waals surface area contributed by atoms with Gasteiger partial charge in [-0.25, -0.2) is 0 Å². The van der Waals surface area contributed by atoms with Crippen LogP contribution < -0.4 is 0 Å². The van der Waals surface area contributed by atoms with Crippen LogP contribution in [0.25, 0.3) is 5.69 Å². The largest absolute Gasteiger partial charge is 0.466 e. The van der Waals surface area contributed by atoms with Gasteiger partial charge in [-0.05, 0) is 61.7 Å². The van der Waals surface area contributed by atoms with Gasteiger partial charge in [-0.15, -0.1) is 5.10 Å². The van der Waals surface area contributed by atoms with E-state index in [2.05, 4.69) is 15.5 Å². The van der Waals surface area contributed by atoms with Gasteiger partial charge in [-0.2, -0.15) is 4.68 Å². The van der Waals surface area contributed by atoms with E-state index in [0.717, 1.165) is 11.3 Å². The molecule has 2 aromatic rings. The predicted octanol–water partition coefficient (Wildman–Crippen LogP) is 2.25. The summed E-state index contributed by atoms with van der Waals surface area (Å²) in [4.78, 5) is 26.5. The van der Waals surface area contributed by atoms with Crippen LogP contribution in [-0.2, 0) is 14.3 Å². The molecule has 1 saturated heterocycles. The van der Waals surface area contributed by atoms with E-state index in [-0.39, 0.29) is 23.0 Å². The Balaban J connectivity index is 1.60. The maximum atomic E-state index is 12.8. The summed E-state index contributed by atoms with van der Waals surface area (Å²) in [7, 11) is 0. The van der Waals surface area contributed by atoms with Gasteiger partial charge >= 0.3 is 5.97 Å². The van der Waals surface area contributed by atoms with E-state index >= 15 is 0 Å². The zero-order chi connectivity index (χ0) is 20.1. The highest BCUT2D eigenvalue weighted by Crippen LogP contribution is 2.26. The minimum atomic E-state index is -0.325. The number of hydrogen-bond acceptors (Lipinski definition) is 7. The van der Waals surface area contributed by atoms with Gasteiger partial charge < -0.3 is 9.64 Å². The van der Waals surface area contributed by atoms with Gasteiger partial charge in [0.05, 0.1) is 23.5 Å². The molecule has 9 heteroatoms. The normalized spacial score (nSPS) is 16.0. The number of rotatable bonds is 6. The average Bonchev–Trinajstić information content (AvgIpc) is 3.16. The Morgan fingerprint density at radius 3 is 2.75 bits per heavy atom. The molecule has 0 aliphatic carbocycles. The maximum absolute atomic E-state index is 12.8. The van der Waals surface area contributed by atoms with Gasteiger partial charge in [-0.3, -0.25) is 9.59 Å². The van der Waals surface area contributed by atoms with Crippen molar-refractivity contribution in [3.05, 3.63) is 29.8 Å². The second-order valence-corrected chi connectivity index (χ2v) is 8.13. The van der Waals surface area contributed by atoms with Crippen LogP contribution >= 0.6 is 11.8 Å². The maximum Gasteiger partial charge on any atom is 0.309 e. The number of carbonyl (C=O) groups excluding carboxylic acids is 2. The molecule has 1 unspecified atom stereocenters. The first-order chi connectivity index (χ1) is 13.5. The molecule has 0 bridgehead atoms. The molecule has 1 aromatic carbocycles. The number of benzene rings is 1. The number of nitrogens with zero attached hydrogens (tertiary/aromatic N) is 5. The molecule has 1 amide bonds. The van der Waals surface area contributed by atoms with Crippen molar-refractivity contribution in [2.45, 2.75) is 44.0 Å². The minimum absolute atomic E-state index is 0.0334. The number of hydrogen-bond donors (Lipinski definition) is 0. The van der Waals surface area contributed by atoms with Crippen molar-refractivity contribution in [1.82, 2.24) is 25.1 Å². The Morgan fingerprint density at radius 2 is 2.07 bits per heavy atom. The number of amides is 1. The summed E-state index contributed by atoms with van der Waals surface area (Å²) in [5, 5.41) is 12.2. The molecule has 0 radical (unpaired) electrons. The van der Waals surface area contributed by atoms with Crippen LogP contribution in [0.1, 0.15) is 32.3 Å². The first-order valence-electron chi connectivity index (χ1n) is 9.47. The monoisotopic (exact) mass is 403 g/mol. The van der Waals surface area contributed by atoms with Crippen molar-refractivity contribution in [2.75, 3.05) is 19.7 Å². The number of carbonyl (C=O) groups is 2. The molecule has 1 atom stereocenters. The summed E-state index contributed by atoms with van der Waals surface area (Å²) >= 11 is 1.34. The number of tetrazole rings is 1. The third-order valence-electron chi connectivity index (χ3n) is 4.74. The highest BCUT2D eigenvalue weighted by Gasteiger charge is 2.31. The lowest BCUT2D eigenvalue weighted by Crippen LogP contribution is -2.43. The first kappa shape index (κ1) is 20.3. The van der Waals surface area contributed by atoms with Crippen LogP contribution in [0.5, 0.6) is 0 Å². The summed E-state index contributed by atoms with van der Waals surface area (Å²) in [5.74, 6) is -0.235. The summed E-state index contributed by atoms with van der Waals surface area (Å²) in [5.41, 5.74) is 1.97. The molecule has 2 heterocycles. The molecule has 1 fully saturated rings.